The largest absolute Gasteiger partial charge is 0.322 e. The van der Waals surface area contributed by atoms with E-state index in [0.29, 0.717) is 6.54 Å². The van der Waals surface area contributed by atoms with Crippen LogP contribution in [-0.4, -0.2) is 33.2 Å². The van der Waals surface area contributed by atoms with E-state index < -0.39 is 0 Å². The second-order valence-corrected chi connectivity index (χ2v) is 7.33. The molecule has 0 aliphatic heterocycles. The lowest BCUT2D eigenvalue weighted by molar-refractivity contribution is -0.117. The van der Waals surface area contributed by atoms with Crippen LogP contribution < -0.4 is 5.32 Å². The molecule has 0 unspecified atom stereocenters. The first kappa shape index (κ1) is 19.8. The molecule has 1 amide bonds. The molecule has 0 fully saturated rings. The molecule has 28 heavy (non-hydrogen) atoms. The topological polar surface area (TPSA) is 50.2 Å². The zero-order valence-electron chi connectivity index (χ0n) is 17.0. The number of aryl methyl sites for hydroxylation is 1. The maximum Gasteiger partial charge on any atom is 0.238 e. The number of nitrogens with zero attached hydrogens (tertiary/aromatic N) is 3. The van der Waals surface area contributed by atoms with Crippen molar-refractivity contribution in [1.29, 1.82) is 0 Å². The van der Waals surface area contributed by atoms with Crippen molar-refractivity contribution in [2.75, 3.05) is 11.9 Å². The molecule has 1 heterocycles. The quantitative estimate of drug-likeness (QED) is 0.667. The summed E-state index contributed by atoms with van der Waals surface area (Å²) in [7, 11) is 0. The van der Waals surface area contributed by atoms with Crippen LogP contribution in [0.25, 0.3) is 5.69 Å². The summed E-state index contributed by atoms with van der Waals surface area (Å²) in [5.41, 5.74) is 4.71. The molecule has 0 radical (unpaired) electrons. The van der Waals surface area contributed by atoms with Gasteiger partial charge in [-0.15, -0.1) is 0 Å². The predicted octanol–water partition coefficient (Wildman–Crippen LogP) is 4.34. The van der Waals surface area contributed by atoms with Crippen molar-refractivity contribution in [1.82, 2.24) is 14.7 Å². The third kappa shape index (κ3) is 4.67. The Labute approximate surface area is 167 Å². The molecule has 1 aromatic heterocycles. The first-order valence-electron chi connectivity index (χ1n) is 9.65. The van der Waals surface area contributed by atoms with Crippen molar-refractivity contribution < 1.29 is 4.79 Å². The highest BCUT2D eigenvalue weighted by Gasteiger charge is 2.18. The van der Waals surface area contributed by atoms with Gasteiger partial charge in [0.2, 0.25) is 5.91 Å². The average molecular weight is 377 g/mol. The number of hydrogen-bond acceptors (Lipinski definition) is 3. The highest BCUT2D eigenvalue weighted by molar-refractivity contribution is 5.93. The van der Waals surface area contributed by atoms with Crippen molar-refractivity contribution in [3.8, 4) is 5.69 Å². The summed E-state index contributed by atoms with van der Waals surface area (Å²) < 4.78 is 1.87. The van der Waals surface area contributed by atoms with Gasteiger partial charge in [-0.1, -0.05) is 48.5 Å². The van der Waals surface area contributed by atoms with Crippen LogP contribution in [0.3, 0.4) is 0 Å². The van der Waals surface area contributed by atoms with Crippen LogP contribution in [0.1, 0.15) is 30.8 Å². The maximum absolute atomic E-state index is 12.8. The van der Waals surface area contributed by atoms with Gasteiger partial charge in [0, 0.05) is 12.6 Å². The van der Waals surface area contributed by atoms with Crippen molar-refractivity contribution in [3.05, 3.63) is 77.6 Å². The van der Waals surface area contributed by atoms with Crippen LogP contribution in [0, 0.1) is 13.8 Å². The van der Waals surface area contributed by atoms with Crippen LogP contribution in [0.4, 0.5) is 5.69 Å². The van der Waals surface area contributed by atoms with E-state index in [1.54, 1.807) is 0 Å². The average Bonchev–Trinajstić information content (AvgIpc) is 2.97. The lowest BCUT2D eigenvalue weighted by Gasteiger charge is -2.26. The summed E-state index contributed by atoms with van der Waals surface area (Å²) in [6, 6.07) is 20.4. The van der Waals surface area contributed by atoms with Crippen LogP contribution >= 0.6 is 0 Å². The highest BCUT2D eigenvalue weighted by Crippen LogP contribution is 2.23. The number of anilines is 1. The minimum absolute atomic E-state index is 0.0246. The van der Waals surface area contributed by atoms with Gasteiger partial charge in [0.15, 0.2) is 0 Å². The number of amides is 1. The normalized spacial score (nSPS) is 11.2. The molecule has 0 aliphatic carbocycles. The first-order chi connectivity index (χ1) is 13.5. The number of carbonyl (C=O) groups excluding carboxylic acids is 1. The lowest BCUT2D eigenvalue weighted by Crippen LogP contribution is -2.37. The Bertz CT molecular complexity index is 917. The SMILES string of the molecule is Cc1nn(-c2ccccc2)c(C)c1NC(=O)CN(Cc1ccccc1)C(C)C. The van der Waals surface area contributed by atoms with Crippen molar-refractivity contribution in [2.45, 2.75) is 40.3 Å². The molecule has 0 atom stereocenters. The van der Waals surface area contributed by atoms with Gasteiger partial charge < -0.3 is 5.32 Å². The van der Waals surface area contributed by atoms with Gasteiger partial charge >= 0.3 is 0 Å². The molecule has 0 saturated carbocycles. The Morgan fingerprint density at radius 2 is 1.64 bits per heavy atom. The molecule has 0 aliphatic rings. The Hall–Kier alpha value is -2.92. The summed E-state index contributed by atoms with van der Waals surface area (Å²) in [6.07, 6.45) is 0. The molecule has 2 aromatic carbocycles. The smallest absolute Gasteiger partial charge is 0.238 e. The summed E-state index contributed by atoms with van der Waals surface area (Å²) in [6.45, 7) is 9.20. The molecule has 146 valence electrons. The van der Waals surface area contributed by atoms with Gasteiger partial charge in [0.05, 0.1) is 29.3 Å². The fourth-order valence-corrected chi connectivity index (χ4v) is 3.25. The molecule has 0 spiro atoms. The third-order valence-electron chi connectivity index (χ3n) is 4.86. The molecule has 3 rings (SSSR count). The molecule has 3 aromatic rings. The van der Waals surface area contributed by atoms with Gasteiger partial charge in [0.1, 0.15) is 0 Å². The fourth-order valence-electron chi connectivity index (χ4n) is 3.25. The molecular formula is C23H28N4O. The molecule has 1 N–H and O–H groups in total. The van der Waals surface area contributed by atoms with Gasteiger partial charge in [-0.05, 0) is 45.4 Å². The third-order valence-corrected chi connectivity index (χ3v) is 4.86. The van der Waals surface area contributed by atoms with Crippen molar-refractivity contribution >= 4 is 11.6 Å². The number of para-hydroxylation sites is 1. The monoisotopic (exact) mass is 376 g/mol. The Morgan fingerprint density at radius 3 is 2.25 bits per heavy atom. The minimum Gasteiger partial charge on any atom is -0.322 e. The Balaban J connectivity index is 1.72. The summed E-state index contributed by atoms with van der Waals surface area (Å²) in [4.78, 5) is 14.9. The van der Waals surface area contributed by atoms with Crippen LogP contribution in [0.2, 0.25) is 0 Å². The van der Waals surface area contributed by atoms with Gasteiger partial charge in [-0.3, -0.25) is 9.69 Å². The van der Waals surface area contributed by atoms with E-state index in [2.05, 4.69) is 41.3 Å². The number of aromatic nitrogens is 2. The van der Waals surface area contributed by atoms with E-state index in [4.69, 9.17) is 0 Å². The van der Waals surface area contributed by atoms with Gasteiger partial charge in [0.25, 0.3) is 0 Å². The Morgan fingerprint density at radius 1 is 1.04 bits per heavy atom. The van der Waals surface area contributed by atoms with E-state index in [1.807, 2.05) is 67.1 Å². The minimum atomic E-state index is -0.0246. The number of hydrogen-bond donors (Lipinski definition) is 1. The van der Waals surface area contributed by atoms with E-state index in [0.717, 1.165) is 29.3 Å². The number of carbonyl (C=O) groups is 1. The fraction of sp³-hybridized carbons (Fsp3) is 0.304. The predicted molar refractivity (Wildman–Crippen MR) is 114 cm³/mol. The van der Waals surface area contributed by atoms with Crippen LogP contribution in [0.15, 0.2) is 60.7 Å². The summed E-state index contributed by atoms with van der Waals surface area (Å²) >= 11 is 0. The first-order valence-corrected chi connectivity index (χ1v) is 9.65. The van der Waals surface area contributed by atoms with E-state index in [1.165, 1.54) is 5.56 Å². The summed E-state index contributed by atoms with van der Waals surface area (Å²) in [5.74, 6) is -0.0246. The molecular weight excluding hydrogens is 348 g/mol. The lowest BCUT2D eigenvalue weighted by atomic mass is 10.2. The standard InChI is InChI=1S/C23H28N4O/c1-17(2)26(15-20-11-7-5-8-12-20)16-22(28)24-23-18(3)25-27(19(23)4)21-13-9-6-10-14-21/h5-14,17H,15-16H2,1-4H3,(H,24,28). The van der Waals surface area contributed by atoms with Gasteiger partial charge in [-0.2, -0.15) is 5.10 Å². The number of nitrogens with one attached hydrogen (secondary N) is 1. The second kappa shape index (κ2) is 8.85. The van der Waals surface area contributed by atoms with E-state index in [-0.39, 0.29) is 11.9 Å². The van der Waals surface area contributed by atoms with Crippen LogP contribution in [-0.2, 0) is 11.3 Å². The van der Waals surface area contributed by atoms with Crippen LogP contribution in [0.5, 0.6) is 0 Å². The summed E-state index contributed by atoms with van der Waals surface area (Å²) in [5, 5.41) is 7.68. The van der Waals surface area contributed by atoms with Crippen molar-refractivity contribution in [3.63, 3.8) is 0 Å². The van der Waals surface area contributed by atoms with E-state index in [9.17, 15) is 4.79 Å². The number of rotatable bonds is 7. The van der Waals surface area contributed by atoms with Crippen molar-refractivity contribution in [2.24, 2.45) is 0 Å². The zero-order chi connectivity index (χ0) is 20.1. The highest BCUT2D eigenvalue weighted by atomic mass is 16.2. The second-order valence-electron chi connectivity index (χ2n) is 7.33. The maximum atomic E-state index is 12.8. The molecule has 0 saturated heterocycles. The zero-order valence-corrected chi connectivity index (χ0v) is 17.0. The molecule has 5 heteroatoms. The molecule has 0 bridgehead atoms. The van der Waals surface area contributed by atoms with E-state index >= 15 is 0 Å². The van der Waals surface area contributed by atoms with Gasteiger partial charge in [-0.25, -0.2) is 4.68 Å². The number of benzene rings is 2. The molecule has 5 nitrogen and oxygen atoms in total. The Kier molecular flexibility index (Phi) is 6.26.